The van der Waals surface area contributed by atoms with Gasteiger partial charge >= 0.3 is 0 Å². The third-order valence-corrected chi connectivity index (χ3v) is 3.16. The van der Waals surface area contributed by atoms with Crippen LogP contribution in [0.3, 0.4) is 0 Å². The molecule has 0 bridgehead atoms. The van der Waals surface area contributed by atoms with Crippen molar-refractivity contribution in [3.63, 3.8) is 0 Å². The Balaban J connectivity index is 2.27. The summed E-state index contributed by atoms with van der Waals surface area (Å²) in [5, 5.41) is 23.6. The number of carbonyl (C=O) groups is 1. The zero-order valence-electron chi connectivity index (χ0n) is 11.0. The minimum atomic E-state index is -1.04. The lowest BCUT2D eigenvalue weighted by Crippen LogP contribution is -2.34. The molecule has 0 aliphatic carbocycles. The largest absolute Gasteiger partial charge is 0.388 e. The molecule has 0 saturated carbocycles. The molecular formula is C14H18N2O3. The molecule has 1 aromatic heterocycles. The van der Waals surface area contributed by atoms with E-state index in [2.05, 4.69) is 10.3 Å². The normalized spacial score (nSPS) is 14.3. The molecule has 1 aromatic carbocycles. The van der Waals surface area contributed by atoms with E-state index in [9.17, 15) is 15.0 Å². The average molecular weight is 262 g/mol. The number of para-hydroxylation sites is 1. The molecule has 0 spiro atoms. The number of aryl methyl sites for hydroxylation is 1. The van der Waals surface area contributed by atoms with Crippen LogP contribution in [0.2, 0.25) is 0 Å². The zero-order valence-corrected chi connectivity index (χ0v) is 11.0. The molecule has 1 heterocycles. The Morgan fingerprint density at radius 1 is 1.37 bits per heavy atom. The smallest absolute Gasteiger partial charge is 0.216 e. The number of nitrogens with one attached hydrogen (secondary N) is 2. The summed E-state index contributed by atoms with van der Waals surface area (Å²) in [5.74, 6) is -0.234. The summed E-state index contributed by atoms with van der Waals surface area (Å²) in [7, 11) is 0. The van der Waals surface area contributed by atoms with Crippen molar-refractivity contribution in [2.24, 2.45) is 0 Å². The number of aliphatic hydroxyl groups excluding tert-OH is 2. The molecule has 5 nitrogen and oxygen atoms in total. The third-order valence-electron chi connectivity index (χ3n) is 3.16. The second kappa shape index (κ2) is 5.42. The molecule has 0 aliphatic heterocycles. The summed E-state index contributed by atoms with van der Waals surface area (Å²) in [6, 6.07) is 7.59. The molecule has 1 amide bonds. The summed E-state index contributed by atoms with van der Waals surface area (Å²) in [6.07, 6.45) is -2.08. The Kier molecular flexibility index (Phi) is 3.87. The highest BCUT2D eigenvalue weighted by atomic mass is 16.3. The SMILES string of the molecule is CC(=O)NCC(O)C(O)c1c(C)[nH]c2ccccc12. The van der Waals surface area contributed by atoms with E-state index in [1.165, 1.54) is 6.92 Å². The van der Waals surface area contributed by atoms with Gasteiger partial charge in [-0.05, 0) is 13.0 Å². The van der Waals surface area contributed by atoms with Gasteiger partial charge in [-0.2, -0.15) is 0 Å². The van der Waals surface area contributed by atoms with Crippen LogP contribution in [0.4, 0.5) is 0 Å². The molecule has 102 valence electrons. The standard InChI is InChI=1S/C14H18N2O3/c1-8-13(10-5-3-4-6-11(10)16-8)14(19)12(18)7-15-9(2)17/h3-6,12,14,16,18-19H,7H2,1-2H3,(H,15,17). The monoisotopic (exact) mass is 262 g/mol. The van der Waals surface area contributed by atoms with Gasteiger partial charge in [-0.25, -0.2) is 0 Å². The fourth-order valence-corrected chi connectivity index (χ4v) is 2.23. The van der Waals surface area contributed by atoms with E-state index < -0.39 is 12.2 Å². The van der Waals surface area contributed by atoms with Gasteiger partial charge in [0.2, 0.25) is 5.91 Å². The van der Waals surface area contributed by atoms with Crippen molar-refractivity contribution in [3.05, 3.63) is 35.5 Å². The Morgan fingerprint density at radius 3 is 2.74 bits per heavy atom. The van der Waals surface area contributed by atoms with Crippen molar-refractivity contribution in [2.45, 2.75) is 26.1 Å². The van der Waals surface area contributed by atoms with Gasteiger partial charge in [-0.3, -0.25) is 4.79 Å². The second-order valence-corrected chi connectivity index (χ2v) is 4.66. The number of benzene rings is 1. The van der Waals surface area contributed by atoms with Crippen LogP contribution in [0, 0.1) is 6.92 Å². The topological polar surface area (TPSA) is 85.3 Å². The maximum absolute atomic E-state index is 10.8. The van der Waals surface area contributed by atoms with Crippen LogP contribution in [0.5, 0.6) is 0 Å². The lowest BCUT2D eigenvalue weighted by Gasteiger charge is -2.18. The summed E-state index contributed by atoms with van der Waals surface area (Å²) in [5.41, 5.74) is 2.41. The van der Waals surface area contributed by atoms with E-state index >= 15 is 0 Å². The van der Waals surface area contributed by atoms with Gasteiger partial charge in [-0.1, -0.05) is 18.2 Å². The first-order chi connectivity index (χ1) is 9.00. The molecule has 2 rings (SSSR count). The van der Waals surface area contributed by atoms with E-state index in [4.69, 9.17) is 0 Å². The molecule has 0 radical (unpaired) electrons. The van der Waals surface area contributed by atoms with E-state index in [-0.39, 0.29) is 12.5 Å². The van der Waals surface area contributed by atoms with Crippen molar-refractivity contribution in [1.82, 2.24) is 10.3 Å². The maximum Gasteiger partial charge on any atom is 0.216 e. The molecular weight excluding hydrogens is 244 g/mol. The summed E-state index contributed by atoms with van der Waals surface area (Å²) < 4.78 is 0. The quantitative estimate of drug-likeness (QED) is 0.663. The van der Waals surface area contributed by atoms with E-state index in [0.29, 0.717) is 5.56 Å². The molecule has 0 saturated heterocycles. The van der Waals surface area contributed by atoms with Gasteiger partial charge in [0.25, 0.3) is 0 Å². The minimum absolute atomic E-state index is 0.0233. The van der Waals surface area contributed by atoms with Crippen LogP contribution < -0.4 is 5.32 Å². The van der Waals surface area contributed by atoms with Crippen molar-refractivity contribution >= 4 is 16.8 Å². The Hall–Kier alpha value is -1.85. The first-order valence-electron chi connectivity index (χ1n) is 6.18. The Bertz CT molecular complexity index is 591. The summed E-state index contributed by atoms with van der Waals surface area (Å²) in [4.78, 5) is 14.0. The number of H-pyrrole nitrogens is 1. The van der Waals surface area contributed by atoms with Gasteiger partial charge in [-0.15, -0.1) is 0 Å². The fourth-order valence-electron chi connectivity index (χ4n) is 2.23. The van der Waals surface area contributed by atoms with Crippen LogP contribution in [-0.4, -0.2) is 33.8 Å². The van der Waals surface area contributed by atoms with Crippen LogP contribution in [0.1, 0.15) is 24.3 Å². The fraction of sp³-hybridized carbons (Fsp3) is 0.357. The third kappa shape index (κ3) is 2.77. The van der Waals surface area contributed by atoms with Crippen molar-refractivity contribution in [2.75, 3.05) is 6.54 Å². The highest BCUT2D eigenvalue weighted by Crippen LogP contribution is 2.29. The predicted octanol–water partition coefficient (Wildman–Crippen LogP) is 1.01. The molecule has 19 heavy (non-hydrogen) atoms. The number of aromatic nitrogens is 1. The molecule has 2 unspecified atom stereocenters. The van der Waals surface area contributed by atoms with Crippen LogP contribution >= 0.6 is 0 Å². The Labute approximate surface area is 111 Å². The van der Waals surface area contributed by atoms with Crippen LogP contribution in [-0.2, 0) is 4.79 Å². The van der Waals surface area contributed by atoms with Crippen molar-refractivity contribution < 1.29 is 15.0 Å². The van der Waals surface area contributed by atoms with Gasteiger partial charge in [0, 0.05) is 35.6 Å². The highest BCUT2D eigenvalue weighted by Gasteiger charge is 2.23. The van der Waals surface area contributed by atoms with Gasteiger partial charge in [0.05, 0.1) is 0 Å². The van der Waals surface area contributed by atoms with Crippen LogP contribution in [0.25, 0.3) is 10.9 Å². The lowest BCUT2D eigenvalue weighted by atomic mass is 10.0. The number of hydrogen-bond donors (Lipinski definition) is 4. The van der Waals surface area contributed by atoms with Gasteiger partial charge < -0.3 is 20.5 Å². The Morgan fingerprint density at radius 2 is 2.05 bits per heavy atom. The number of aliphatic hydroxyl groups is 2. The summed E-state index contributed by atoms with van der Waals surface area (Å²) in [6.45, 7) is 3.25. The van der Waals surface area contributed by atoms with E-state index in [1.54, 1.807) is 0 Å². The van der Waals surface area contributed by atoms with Gasteiger partial charge in [0.15, 0.2) is 0 Å². The number of aromatic amines is 1. The number of rotatable bonds is 4. The maximum atomic E-state index is 10.8. The average Bonchev–Trinajstić information content (AvgIpc) is 2.70. The summed E-state index contributed by atoms with van der Waals surface area (Å²) >= 11 is 0. The molecule has 0 fully saturated rings. The van der Waals surface area contributed by atoms with Crippen LogP contribution in [0.15, 0.2) is 24.3 Å². The highest BCUT2D eigenvalue weighted by molar-refractivity contribution is 5.85. The molecule has 4 N–H and O–H groups in total. The number of hydrogen-bond acceptors (Lipinski definition) is 3. The molecule has 2 atom stereocenters. The lowest BCUT2D eigenvalue weighted by molar-refractivity contribution is -0.119. The van der Waals surface area contributed by atoms with Crippen molar-refractivity contribution in [3.8, 4) is 0 Å². The zero-order chi connectivity index (χ0) is 14.0. The first kappa shape index (κ1) is 13.6. The predicted molar refractivity (Wildman–Crippen MR) is 72.7 cm³/mol. The van der Waals surface area contributed by atoms with E-state index in [1.807, 2.05) is 31.2 Å². The van der Waals surface area contributed by atoms with Gasteiger partial charge in [0.1, 0.15) is 12.2 Å². The van der Waals surface area contributed by atoms with Crippen molar-refractivity contribution in [1.29, 1.82) is 0 Å². The molecule has 5 heteroatoms. The first-order valence-corrected chi connectivity index (χ1v) is 6.18. The number of carbonyl (C=O) groups excluding carboxylic acids is 1. The number of fused-ring (bicyclic) bond motifs is 1. The van der Waals surface area contributed by atoms with E-state index in [0.717, 1.165) is 16.6 Å². The molecule has 0 aliphatic rings. The second-order valence-electron chi connectivity index (χ2n) is 4.66. The molecule has 2 aromatic rings. The minimum Gasteiger partial charge on any atom is -0.388 e. The number of amides is 1.